The van der Waals surface area contributed by atoms with Crippen LogP contribution < -0.4 is 0 Å². The highest BCUT2D eigenvalue weighted by atomic mass is 17.2. The number of hydrogen-bond donors (Lipinski definition) is 0. The molecule has 1 rings (SSSR count). The van der Waals surface area contributed by atoms with E-state index < -0.39 is 0 Å². The zero-order valence-electron chi connectivity index (χ0n) is 8.94. The van der Waals surface area contributed by atoms with Crippen molar-refractivity contribution in [1.82, 2.24) is 0 Å². The summed E-state index contributed by atoms with van der Waals surface area (Å²) in [6, 6.07) is 10.1. The van der Waals surface area contributed by atoms with Crippen LogP contribution in [-0.4, -0.2) is 12.6 Å². The molecule has 1 aromatic rings. The summed E-state index contributed by atoms with van der Waals surface area (Å²) in [7, 11) is 0. The van der Waals surface area contributed by atoms with E-state index in [0.717, 1.165) is 12.8 Å². The van der Waals surface area contributed by atoms with Crippen LogP contribution in [0.4, 0.5) is 0 Å². The predicted molar refractivity (Wildman–Crippen MR) is 57.1 cm³/mol. The molecule has 0 N–H and O–H groups in total. The molecule has 0 bridgehead atoms. The summed E-state index contributed by atoms with van der Waals surface area (Å²) in [5.74, 6) is -0.324. The Labute approximate surface area is 89.9 Å². The molecule has 0 aromatic heterocycles. The Morgan fingerprint density at radius 1 is 1.27 bits per heavy atom. The van der Waals surface area contributed by atoms with Crippen LogP contribution in [0, 0.1) is 0 Å². The second-order valence-electron chi connectivity index (χ2n) is 3.22. The zero-order valence-corrected chi connectivity index (χ0v) is 8.94. The molecule has 82 valence electrons. The highest BCUT2D eigenvalue weighted by molar-refractivity contribution is 5.68. The predicted octanol–water partition coefficient (Wildman–Crippen LogP) is 2.50. The molecule has 0 spiro atoms. The van der Waals surface area contributed by atoms with Gasteiger partial charge in [-0.15, -0.1) is 0 Å². The van der Waals surface area contributed by atoms with Crippen molar-refractivity contribution in [3.05, 3.63) is 35.9 Å². The highest BCUT2D eigenvalue weighted by Gasteiger charge is 1.98. The van der Waals surface area contributed by atoms with Crippen molar-refractivity contribution in [3.63, 3.8) is 0 Å². The molecule has 0 heterocycles. The fourth-order valence-electron chi connectivity index (χ4n) is 1.15. The van der Waals surface area contributed by atoms with Gasteiger partial charge in [-0.05, 0) is 18.4 Å². The molecule has 1 aromatic carbocycles. The summed E-state index contributed by atoms with van der Waals surface area (Å²) < 4.78 is 0. The average Bonchev–Trinajstić information content (AvgIpc) is 2.29. The first-order valence-corrected chi connectivity index (χ1v) is 5.19. The maximum Gasteiger partial charge on any atom is 0.342 e. The van der Waals surface area contributed by atoms with Crippen molar-refractivity contribution in [2.75, 3.05) is 6.61 Å². The first-order valence-electron chi connectivity index (χ1n) is 5.19. The van der Waals surface area contributed by atoms with Gasteiger partial charge in [-0.2, -0.15) is 4.89 Å². The fourth-order valence-corrected chi connectivity index (χ4v) is 1.15. The van der Waals surface area contributed by atoms with E-state index in [1.807, 2.05) is 18.2 Å². The minimum atomic E-state index is -0.324. The number of hydrogen-bond acceptors (Lipinski definition) is 3. The monoisotopic (exact) mass is 208 g/mol. The molecule has 0 saturated heterocycles. The van der Waals surface area contributed by atoms with Gasteiger partial charge in [0.25, 0.3) is 0 Å². The third-order valence-electron chi connectivity index (χ3n) is 1.98. The van der Waals surface area contributed by atoms with Crippen molar-refractivity contribution in [3.8, 4) is 0 Å². The topological polar surface area (TPSA) is 35.5 Å². The van der Waals surface area contributed by atoms with Crippen LogP contribution in [0.1, 0.15) is 25.3 Å². The second-order valence-corrected chi connectivity index (χ2v) is 3.22. The van der Waals surface area contributed by atoms with Gasteiger partial charge >= 0.3 is 5.97 Å². The summed E-state index contributed by atoms with van der Waals surface area (Å²) in [5, 5.41) is 0. The Balaban J connectivity index is 2.05. The third-order valence-corrected chi connectivity index (χ3v) is 1.98. The van der Waals surface area contributed by atoms with Crippen molar-refractivity contribution in [1.29, 1.82) is 0 Å². The van der Waals surface area contributed by atoms with Crippen molar-refractivity contribution < 1.29 is 14.6 Å². The SMILES string of the molecule is CCC(=O)OOCCCc1ccccc1. The van der Waals surface area contributed by atoms with Crippen LogP contribution in [0.5, 0.6) is 0 Å². The largest absolute Gasteiger partial charge is 0.342 e. The van der Waals surface area contributed by atoms with Crippen LogP contribution in [0.25, 0.3) is 0 Å². The molecule has 0 unspecified atom stereocenters. The van der Waals surface area contributed by atoms with E-state index in [1.54, 1.807) is 6.92 Å². The summed E-state index contributed by atoms with van der Waals surface area (Å²) in [4.78, 5) is 19.9. The molecule has 0 aliphatic rings. The van der Waals surface area contributed by atoms with Crippen LogP contribution in [0.3, 0.4) is 0 Å². The Morgan fingerprint density at radius 2 is 2.00 bits per heavy atom. The smallest absolute Gasteiger partial charge is 0.298 e. The fraction of sp³-hybridized carbons (Fsp3) is 0.417. The molecule has 3 nitrogen and oxygen atoms in total. The zero-order chi connectivity index (χ0) is 10.9. The summed E-state index contributed by atoms with van der Waals surface area (Å²) in [6.07, 6.45) is 2.13. The van der Waals surface area contributed by atoms with E-state index >= 15 is 0 Å². The van der Waals surface area contributed by atoms with Crippen LogP contribution in [-0.2, 0) is 21.0 Å². The number of carbonyl (C=O) groups excluding carboxylic acids is 1. The summed E-state index contributed by atoms with van der Waals surface area (Å²) in [5.41, 5.74) is 1.27. The van der Waals surface area contributed by atoms with Gasteiger partial charge in [-0.1, -0.05) is 37.3 Å². The highest BCUT2D eigenvalue weighted by Crippen LogP contribution is 2.02. The van der Waals surface area contributed by atoms with Gasteiger partial charge < -0.3 is 0 Å². The maximum atomic E-state index is 10.7. The molecule has 3 heteroatoms. The Bertz CT molecular complexity index is 282. The molecule has 0 amide bonds. The molecule has 0 aliphatic carbocycles. The van der Waals surface area contributed by atoms with Crippen LogP contribution in [0.15, 0.2) is 30.3 Å². The van der Waals surface area contributed by atoms with E-state index in [-0.39, 0.29) is 5.97 Å². The molecule has 0 saturated carbocycles. The van der Waals surface area contributed by atoms with Gasteiger partial charge in [0.1, 0.15) is 0 Å². The number of rotatable bonds is 6. The van der Waals surface area contributed by atoms with Gasteiger partial charge in [-0.3, -0.25) is 4.89 Å². The minimum Gasteiger partial charge on any atom is -0.298 e. The number of aryl methyl sites for hydroxylation is 1. The number of benzene rings is 1. The third kappa shape index (κ3) is 5.18. The lowest BCUT2D eigenvalue weighted by molar-refractivity contribution is -0.272. The first-order chi connectivity index (χ1) is 7.33. The van der Waals surface area contributed by atoms with E-state index in [1.165, 1.54) is 5.56 Å². The molecule has 0 radical (unpaired) electrons. The van der Waals surface area contributed by atoms with Gasteiger partial charge in [-0.25, -0.2) is 4.79 Å². The standard InChI is InChI=1S/C12H16O3/c1-2-12(13)15-14-10-6-9-11-7-4-3-5-8-11/h3-5,7-8H,2,6,9-10H2,1H3. The Hall–Kier alpha value is -1.35. The molecule has 15 heavy (non-hydrogen) atoms. The van der Waals surface area contributed by atoms with Crippen molar-refractivity contribution >= 4 is 5.97 Å². The second kappa shape index (κ2) is 7.01. The lowest BCUT2D eigenvalue weighted by Crippen LogP contribution is -2.05. The van der Waals surface area contributed by atoms with E-state index in [0.29, 0.717) is 13.0 Å². The van der Waals surface area contributed by atoms with Gasteiger partial charge in [0.2, 0.25) is 0 Å². The normalized spacial score (nSPS) is 9.93. The number of carbonyl (C=O) groups is 1. The lowest BCUT2D eigenvalue weighted by atomic mass is 10.1. The van der Waals surface area contributed by atoms with Gasteiger partial charge in [0.15, 0.2) is 0 Å². The molecule has 0 aliphatic heterocycles. The molecular formula is C12H16O3. The lowest BCUT2D eigenvalue weighted by Gasteiger charge is -2.02. The Kier molecular flexibility index (Phi) is 5.48. The van der Waals surface area contributed by atoms with Crippen LogP contribution >= 0.6 is 0 Å². The van der Waals surface area contributed by atoms with Crippen LogP contribution in [0.2, 0.25) is 0 Å². The van der Waals surface area contributed by atoms with Crippen molar-refractivity contribution in [2.45, 2.75) is 26.2 Å². The maximum absolute atomic E-state index is 10.7. The summed E-state index contributed by atoms with van der Waals surface area (Å²) >= 11 is 0. The summed E-state index contributed by atoms with van der Waals surface area (Å²) in [6.45, 7) is 2.18. The average molecular weight is 208 g/mol. The van der Waals surface area contributed by atoms with E-state index in [4.69, 9.17) is 4.89 Å². The van der Waals surface area contributed by atoms with Crippen molar-refractivity contribution in [2.24, 2.45) is 0 Å². The van der Waals surface area contributed by atoms with E-state index in [2.05, 4.69) is 17.0 Å². The molecular weight excluding hydrogens is 192 g/mol. The van der Waals surface area contributed by atoms with Gasteiger partial charge in [0, 0.05) is 6.42 Å². The molecule has 0 fully saturated rings. The van der Waals surface area contributed by atoms with E-state index in [9.17, 15) is 4.79 Å². The minimum absolute atomic E-state index is 0.324. The quantitative estimate of drug-likeness (QED) is 0.409. The first kappa shape index (κ1) is 11.7. The molecule has 0 atom stereocenters. The van der Waals surface area contributed by atoms with Gasteiger partial charge in [0.05, 0.1) is 6.61 Å². The Morgan fingerprint density at radius 3 is 2.67 bits per heavy atom.